The van der Waals surface area contributed by atoms with E-state index in [-0.39, 0.29) is 35.8 Å². The van der Waals surface area contributed by atoms with Gasteiger partial charge in [-0.2, -0.15) is 4.31 Å². The molecule has 8 nitrogen and oxygen atoms in total. The predicted molar refractivity (Wildman–Crippen MR) is 111 cm³/mol. The predicted octanol–water partition coefficient (Wildman–Crippen LogP) is 2.76. The summed E-state index contributed by atoms with van der Waals surface area (Å²) in [6, 6.07) is 10.8. The van der Waals surface area contributed by atoms with E-state index >= 15 is 0 Å². The third kappa shape index (κ3) is 5.55. The van der Waals surface area contributed by atoms with Gasteiger partial charge in [0.25, 0.3) is 0 Å². The number of carbonyl (C=O) groups is 2. The molecule has 1 aliphatic heterocycles. The van der Waals surface area contributed by atoms with Gasteiger partial charge in [-0.15, -0.1) is 0 Å². The lowest BCUT2D eigenvalue weighted by Crippen LogP contribution is -2.47. The lowest BCUT2D eigenvalue weighted by atomic mass is 10.1. The molecule has 1 aliphatic rings. The van der Waals surface area contributed by atoms with Crippen LogP contribution < -0.4 is 16.0 Å². The van der Waals surface area contributed by atoms with Crippen LogP contribution in [0.25, 0.3) is 0 Å². The molecule has 3 rings (SSSR count). The summed E-state index contributed by atoms with van der Waals surface area (Å²) in [5.41, 5.74) is 0.994. The van der Waals surface area contributed by atoms with Gasteiger partial charge in [-0.05, 0) is 61.4 Å². The molecule has 2 aromatic rings. The number of rotatable bonds is 5. The molecular formula is C20H23FN4O4S. The Morgan fingerprint density at radius 3 is 2.03 bits per heavy atom. The molecule has 1 heterocycles. The first-order valence-corrected chi connectivity index (χ1v) is 10.9. The van der Waals surface area contributed by atoms with E-state index in [1.807, 2.05) is 0 Å². The highest BCUT2D eigenvalue weighted by Crippen LogP contribution is 2.22. The Kier molecular flexibility index (Phi) is 6.68. The number of halogens is 1. The number of anilines is 2. The number of nitrogens with one attached hydrogen (secondary N) is 3. The van der Waals surface area contributed by atoms with Crippen molar-refractivity contribution in [3.8, 4) is 0 Å². The average molecular weight is 434 g/mol. The van der Waals surface area contributed by atoms with Crippen molar-refractivity contribution in [2.75, 3.05) is 23.7 Å². The van der Waals surface area contributed by atoms with E-state index in [0.29, 0.717) is 24.2 Å². The molecule has 0 radical (unpaired) electrons. The second-order valence-electron chi connectivity index (χ2n) is 6.99. The Hall–Kier alpha value is -2.98. The number of urea groups is 1. The van der Waals surface area contributed by atoms with Gasteiger partial charge in [0.2, 0.25) is 15.9 Å². The van der Waals surface area contributed by atoms with Gasteiger partial charge in [-0.3, -0.25) is 4.79 Å². The third-order valence-corrected chi connectivity index (χ3v) is 6.62. The average Bonchev–Trinajstić information content (AvgIpc) is 2.70. The highest BCUT2D eigenvalue weighted by Gasteiger charge is 2.30. The quantitative estimate of drug-likeness (QED) is 0.673. The fourth-order valence-corrected chi connectivity index (χ4v) is 4.66. The SMILES string of the molecule is CC(=O)Nc1ccc(S(=O)(=O)N2CCC(NC(=O)Nc3ccc(F)cc3)CC2)cc1. The molecule has 0 saturated carbocycles. The standard InChI is InChI=1S/C20H23FN4O4S/c1-14(26)22-16-6-8-19(9-7-16)30(28,29)25-12-10-18(11-13-25)24-20(27)23-17-4-2-15(21)3-5-17/h2-9,18H,10-13H2,1H3,(H,22,26)(H2,23,24,27). The highest BCUT2D eigenvalue weighted by molar-refractivity contribution is 7.89. The maximum absolute atomic E-state index is 12.9. The lowest BCUT2D eigenvalue weighted by molar-refractivity contribution is -0.114. The van der Waals surface area contributed by atoms with Crippen LogP contribution in [0, 0.1) is 5.82 Å². The Balaban J connectivity index is 1.53. The van der Waals surface area contributed by atoms with Crippen LogP contribution in [0.1, 0.15) is 19.8 Å². The second kappa shape index (κ2) is 9.23. The molecule has 30 heavy (non-hydrogen) atoms. The molecule has 0 aliphatic carbocycles. The topological polar surface area (TPSA) is 108 Å². The molecule has 0 bridgehead atoms. The molecule has 0 atom stereocenters. The van der Waals surface area contributed by atoms with Crippen LogP contribution in [0.3, 0.4) is 0 Å². The molecule has 3 N–H and O–H groups in total. The van der Waals surface area contributed by atoms with Crippen molar-refractivity contribution in [1.82, 2.24) is 9.62 Å². The van der Waals surface area contributed by atoms with E-state index in [1.165, 1.54) is 47.6 Å². The zero-order valence-electron chi connectivity index (χ0n) is 16.4. The van der Waals surface area contributed by atoms with Crippen molar-refractivity contribution in [2.24, 2.45) is 0 Å². The molecule has 2 aromatic carbocycles. The van der Waals surface area contributed by atoms with E-state index in [2.05, 4.69) is 16.0 Å². The summed E-state index contributed by atoms with van der Waals surface area (Å²) in [6.45, 7) is 1.93. The Morgan fingerprint density at radius 2 is 1.47 bits per heavy atom. The smallest absolute Gasteiger partial charge is 0.319 e. The summed E-state index contributed by atoms with van der Waals surface area (Å²) in [4.78, 5) is 23.3. The fourth-order valence-electron chi connectivity index (χ4n) is 3.19. The van der Waals surface area contributed by atoms with Crippen LogP contribution in [0.2, 0.25) is 0 Å². The van der Waals surface area contributed by atoms with Gasteiger partial charge >= 0.3 is 6.03 Å². The minimum absolute atomic E-state index is 0.150. The number of amides is 3. The van der Waals surface area contributed by atoms with Gasteiger partial charge in [-0.1, -0.05) is 0 Å². The van der Waals surface area contributed by atoms with Crippen LogP contribution in [0.15, 0.2) is 53.4 Å². The highest BCUT2D eigenvalue weighted by atomic mass is 32.2. The summed E-state index contributed by atoms with van der Waals surface area (Å²) >= 11 is 0. The monoisotopic (exact) mass is 434 g/mol. The van der Waals surface area contributed by atoms with Gasteiger partial charge in [0, 0.05) is 37.4 Å². The maximum Gasteiger partial charge on any atom is 0.319 e. The van der Waals surface area contributed by atoms with Gasteiger partial charge in [0.05, 0.1) is 4.90 Å². The Labute approximate surface area is 174 Å². The first-order chi connectivity index (χ1) is 14.2. The minimum atomic E-state index is -3.66. The van der Waals surface area contributed by atoms with Crippen molar-refractivity contribution < 1.29 is 22.4 Å². The Bertz CT molecular complexity index is 1000. The van der Waals surface area contributed by atoms with Crippen molar-refractivity contribution in [3.63, 3.8) is 0 Å². The van der Waals surface area contributed by atoms with Gasteiger partial charge in [0.1, 0.15) is 5.82 Å². The molecule has 0 unspecified atom stereocenters. The zero-order chi connectivity index (χ0) is 21.7. The second-order valence-corrected chi connectivity index (χ2v) is 8.93. The van der Waals surface area contributed by atoms with Crippen LogP contribution in [-0.4, -0.2) is 43.8 Å². The van der Waals surface area contributed by atoms with Crippen LogP contribution in [0.4, 0.5) is 20.6 Å². The number of carbonyl (C=O) groups excluding carboxylic acids is 2. The van der Waals surface area contributed by atoms with E-state index in [9.17, 15) is 22.4 Å². The summed E-state index contributed by atoms with van der Waals surface area (Å²) in [6.07, 6.45) is 0.945. The maximum atomic E-state index is 12.9. The fraction of sp³-hybridized carbons (Fsp3) is 0.300. The van der Waals surface area contributed by atoms with Gasteiger partial charge in [0.15, 0.2) is 0 Å². The first kappa shape index (κ1) is 21.7. The molecule has 3 amide bonds. The molecule has 1 saturated heterocycles. The lowest BCUT2D eigenvalue weighted by Gasteiger charge is -2.31. The first-order valence-electron chi connectivity index (χ1n) is 9.45. The van der Waals surface area contributed by atoms with E-state index in [1.54, 1.807) is 12.1 Å². The van der Waals surface area contributed by atoms with E-state index in [0.717, 1.165) is 0 Å². The van der Waals surface area contributed by atoms with Crippen molar-refractivity contribution in [2.45, 2.75) is 30.7 Å². The number of hydrogen-bond donors (Lipinski definition) is 3. The molecular weight excluding hydrogens is 411 g/mol. The van der Waals surface area contributed by atoms with E-state index in [4.69, 9.17) is 0 Å². The molecule has 160 valence electrons. The van der Waals surface area contributed by atoms with Gasteiger partial charge < -0.3 is 16.0 Å². The summed E-state index contributed by atoms with van der Waals surface area (Å²) < 4.78 is 40.0. The molecule has 10 heteroatoms. The summed E-state index contributed by atoms with van der Waals surface area (Å²) in [7, 11) is -3.66. The normalized spacial score (nSPS) is 15.4. The minimum Gasteiger partial charge on any atom is -0.335 e. The number of piperidine rings is 1. The Morgan fingerprint density at radius 1 is 0.933 bits per heavy atom. The third-order valence-electron chi connectivity index (χ3n) is 4.70. The van der Waals surface area contributed by atoms with Gasteiger partial charge in [-0.25, -0.2) is 17.6 Å². The van der Waals surface area contributed by atoms with Crippen LogP contribution in [-0.2, 0) is 14.8 Å². The molecule has 0 aromatic heterocycles. The van der Waals surface area contributed by atoms with Crippen LogP contribution in [0.5, 0.6) is 0 Å². The van der Waals surface area contributed by atoms with Crippen molar-refractivity contribution >= 4 is 33.3 Å². The number of sulfonamides is 1. The largest absolute Gasteiger partial charge is 0.335 e. The summed E-state index contributed by atoms with van der Waals surface area (Å²) in [5, 5.41) is 8.03. The summed E-state index contributed by atoms with van der Waals surface area (Å²) in [5.74, 6) is -0.622. The van der Waals surface area contributed by atoms with Crippen molar-refractivity contribution in [1.29, 1.82) is 0 Å². The van der Waals surface area contributed by atoms with Crippen molar-refractivity contribution in [3.05, 3.63) is 54.3 Å². The number of hydrogen-bond acceptors (Lipinski definition) is 4. The molecule has 1 fully saturated rings. The van der Waals surface area contributed by atoms with Crippen LogP contribution >= 0.6 is 0 Å². The van der Waals surface area contributed by atoms with E-state index < -0.39 is 16.1 Å². The number of nitrogens with zero attached hydrogens (tertiary/aromatic N) is 1. The molecule has 0 spiro atoms. The zero-order valence-corrected chi connectivity index (χ0v) is 17.2. The number of benzene rings is 2.